The lowest BCUT2D eigenvalue weighted by atomic mass is 10.1. The third-order valence-corrected chi connectivity index (χ3v) is 4.48. The van der Waals surface area contributed by atoms with Gasteiger partial charge in [-0.15, -0.1) is 0 Å². The molecule has 1 aliphatic heterocycles. The summed E-state index contributed by atoms with van der Waals surface area (Å²) in [7, 11) is 0. The predicted octanol–water partition coefficient (Wildman–Crippen LogP) is 2.75. The molecule has 142 valence electrons. The van der Waals surface area contributed by atoms with Gasteiger partial charge in [-0.1, -0.05) is 17.7 Å². The number of aromatic nitrogens is 1. The number of carboxylic acids is 1. The van der Waals surface area contributed by atoms with E-state index in [0.717, 1.165) is 19.4 Å². The molecule has 0 unspecified atom stereocenters. The number of fused-ring (bicyclic) bond motifs is 4. The second-order valence-corrected chi connectivity index (χ2v) is 6.61. The predicted molar refractivity (Wildman–Crippen MR) is 102 cm³/mol. The van der Waals surface area contributed by atoms with Crippen LogP contribution in [0.5, 0.6) is 5.75 Å². The molecule has 1 amide bonds. The average molecular weight is 390 g/mol. The Hall–Kier alpha value is -2.80. The summed E-state index contributed by atoms with van der Waals surface area (Å²) in [6, 6.07) is 9.01. The van der Waals surface area contributed by atoms with Crippen molar-refractivity contribution in [3.63, 3.8) is 0 Å². The van der Waals surface area contributed by atoms with E-state index in [0.29, 0.717) is 23.9 Å². The summed E-state index contributed by atoms with van der Waals surface area (Å²) in [4.78, 5) is 28.6. The SMILES string of the molecule is O=C1N[C@H](C(=O)O)Cc2cccc(n2)NCCCCOc2ccc(Cl)c1c2. The number of amides is 1. The number of benzene rings is 1. The maximum atomic E-state index is 12.6. The van der Waals surface area contributed by atoms with Crippen molar-refractivity contribution in [2.45, 2.75) is 25.3 Å². The maximum Gasteiger partial charge on any atom is 0.326 e. The van der Waals surface area contributed by atoms with Gasteiger partial charge >= 0.3 is 5.97 Å². The number of nitrogens with one attached hydrogen (secondary N) is 2. The van der Waals surface area contributed by atoms with E-state index < -0.39 is 17.9 Å². The Kier molecular flexibility index (Phi) is 6.13. The van der Waals surface area contributed by atoms with Gasteiger partial charge in [0.15, 0.2) is 0 Å². The zero-order chi connectivity index (χ0) is 19.2. The summed E-state index contributed by atoms with van der Waals surface area (Å²) < 4.78 is 5.67. The first-order valence-electron chi connectivity index (χ1n) is 8.69. The quantitative estimate of drug-likeness (QED) is 0.693. The number of hydrogen-bond donors (Lipinski definition) is 3. The van der Waals surface area contributed by atoms with Crippen LogP contribution in [0, 0.1) is 0 Å². The maximum absolute atomic E-state index is 12.6. The molecule has 7 nitrogen and oxygen atoms in total. The van der Waals surface area contributed by atoms with E-state index in [1.165, 1.54) is 6.07 Å². The molecule has 27 heavy (non-hydrogen) atoms. The highest BCUT2D eigenvalue weighted by Crippen LogP contribution is 2.23. The molecule has 0 fully saturated rings. The molecule has 3 rings (SSSR count). The molecule has 1 aromatic heterocycles. The number of aliphatic carboxylic acids is 1. The van der Waals surface area contributed by atoms with Crippen LogP contribution in [0.1, 0.15) is 28.9 Å². The highest BCUT2D eigenvalue weighted by molar-refractivity contribution is 6.34. The number of rotatable bonds is 1. The van der Waals surface area contributed by atoms with Crippen LogP contribution < -0.4 is 15.4 Å². The van der Waals surface area contributed by atoms with E-state index in [4.69, 9.17) is 16.3 Å². The van der Waals surface area contributed by atoms with Crippen LogP contribution in [-0.2, 0) is 11.2 Å². The monoisotopic (exact) mass is 389 g/mol. The lowest BCUT2D eigenvalue weighted by Gasteiger charge is -2.16. The Labute approximate surface area is 161 Å². The van der Waals surface area contributed by atoms with E-state index >= 15 is 0 Å². The molecule has 1 aliphatic rings. The van der Waals surface area contributed by atoms with Crippen LogP contribution in [0.4, 0.5) is 5.82 Å². The van der Waals surface area contributed by atoms with Crippen LogP contribution in [-0.4, -0.2) is 41.2 Å². The number of nitrogens with zero attached hydrogens (tertiary/aromatic N) is 1. The first kappa shape index (κ1) is 19.0. The third kappa shape index (κ3) is 5.10. The molecule has 0 spiro atoms. The van der Waals surface area contributed by atoms with Gasteiger partial charge in [-0.3, -0.25) is 4.79 Å². The summed E-state index contributed by atoms with van der Waals surface area (Å²) in [5.74, 6) is -0.528. The average Bonchev–Trinajstić information content (AvgIpc) is 2.64. The Morgan fingerprint density at radius 1 is 1.26 bits per heavy atom. The standard InChI is InChI=1S/C19H20ClN3O4/c20-15-7-6-13-11-14(15)18(24)23-16(19(25)26)10-12-4-3-5-17(22-12)21-8-1-2-9-27-13/h3-7,11,16H,1-2,8-10H2,(H,21,22)(H,23,24)(H,25,26)/t16-/m0/s1. The molecular weight excluding hydrogens is 370 g/mol. The molecule has 0 saturated carbocycles. The van der Waals surface area contributed by atoms with Crippen LogP contribution in [0.25, 0.3) is 0 Å². The van der Waals surface area contributed by atoms with Gasteiger partial charge < -0.3 is 20.5 Å². The largest absolute Gasteiger partial charge is 0.494 e. The fraction of sp³-hybridized carbons (Fsp3) is 0.316. The zero-order valence-electron chi connectivity index (χ0n) is 14.6. The van der Waals surface area contributed by atoms with Gasteiger partial charge in [-0.2, -0.15) is 0 Å². The number of carbonyl (C=O) groups excluding carboxylic acids is 1. The van der Waals surface area contributed by atoms with Gasteiger partial charge in [0.05, 0.1) is 17.2 Å². The molecule has 0 radical (unpaired) electrons. The van der Waals surface area contributed by atoms with E-state index in [9.17, 15) is 14.7 Å². The molecule has 4 bridgehead atoms. The molecule has 1 atom stereocenters. The molecule has 0 aliphatic carbocycles. The smallest absolute Gasteiger partial charge is 0.326 e. The third-order valence-electron chi connectivity index (χ3n) is 4.15. The number of carbonyl (C=O) groups is 2. The van der Waals surface area contributed by atoms with Gasteiger partial charge in [0.1, 0.15) is 17.6 Å². The number of ether oxygens (including phenoxy) is 1. The minimum absolute atomic E-state index is 0.0599. The Bertz CT molecular complexity index is 843. The number of pyridine rings is 1. The molecule has 2 aromatic rings. The lowest BCUT2D eigenvalue weighted by molar-refractivity contribution is -0.139. The number of halogens is 1. The van der Waals surface area contributed by atoms with E-state index in [-0.39, 0.29) is 17.0 Å². The highest BCUT2D eigenvalue weighted by atomic mass is 35.5. The van der Waals surface area contributed by atoms with Gasteiger partial charge in [0, 0.05) is 18.7 Å². The van der Waals surface area contributed by atoms with Gasteiger partial charge in [-0.25, -0.2) is 9.78 Å². The van der Waals surface area contributed by atoms with Crippen molar-refractivity contribution in [2.24, 2.45) is 0 Å². The molecule has 1 aromatic carbocycles. The van der Waals surface area contributed by atoms with Crippen molar-refractivity contribution in [3.8, 4) is 5.75 Å². The number of hydrogen-bond acceptors (Lipinski definition) is 5. The lowest BCUT2D eigenvalue weighted by Crippen LogP contribution is -2.42. The van der Waals surface area contributed by atoms with E-state index in [1.54, 1.807) is 24.3 Å². The van der Waals surface area contributed by atoms with Gasteiger partial charge in [-0.05, 0) is 43.2 Å². The van der Waals surface area contributed by atoms with Crippen LogP contribution in [0.2, 0.25) is 5.02 Å². The summed E-state index contributed by atoms with van der Waals surface area (Å²) in [6.45, 7) is 1.22. The summed E-state index contributed by atoms with van der Waals surface area (Å²) >= 11 is 6.12. The Balaban J connectivity index is 1.90. The molecular formula is C19H20ClN3O4. The molecule has 2 heterocycles. The van der Waals surface area contributed by atoms with E-state index in [2.05, 4.69) is 15.6 Å². The minimum atomic E-state index is -1.15. The first-order valence-corrected chi connectivity index (χ1v) is 9.06. The molecule has 8 heteroatoms. The summed E-state index contributed by atoms with van der Waals surface area (Å²) in [5, 5.41) is 15.5. The van der Waals surface area contributed by atoms with Crippen molar-refractivity contribution in [1.29, 1.82) is 0 Å². The van der Waals surface area contributed by atoms with Crippen molar-refractivity contribution < 1.29 is 19.4 Å². The zero-order valence-corrected chi connectivity index (χ0v) is 15.3. The molecule has 0 saturated heterocycles. The highest BCUT2D eigenvalue weighted by Gasteiger charge is 2.23. The van der Waals surface area contributed by atoms with Crippen molar-refractivity contribution in [1.82, 2.24) is 10.3 Å². The van der Waals surface area contributed by atoms with Crippen LogP contribution >= 0.6 is 11.6 Å². The van der Waals surface area contributed by atoms with Crippen LogP contribution in [0.3, 0.4) is 0 Å². The van der Waals surface area contributed by atoms with Crippen molar-refractivity contribution in [2.75, 3.05) is 18.5 Å². The number of carboxylic acid groups (broad SMARTS) is 1. The van der Waals surface area contributed by atoms with E-state index in [1.807, 2.05) is 6.07 Å². The summed E-state index contributed by atoms with van der Waals surface area (Å²) in [6.07, 6.45) is 1.77. The second-order valence-electron chi connectivity index (χ2n) is 6.21. The fourth-order valence-corrected chi connectivity index (χ4v) is 2.94. The van der Waals surface area contributed by atoms with Gasteiger partial charge in [0.2, 0.25) is 0 Å². The Morgan fingerprint density at radius 3 is 2.93 bits per heavy atom. The minimum Gasteiger partial charge on any atom is -0.494 e. The fourth-order valence-electron chi connectivity index (χ4n) is 2.74. The molecule has 3 N–H and O–H groups in total. The summed E-state index contributed by atoms with van der Waals surface area (Å²) in [5.41, 5.74) is 0.749. The second kappa shape index (κ2) is 8.73. The van der Waals surface area contributed by atoms with Crippen LogP contribution in [0.15, 0.2) is 36.4 Å². The topological polar surface area (TPSA) is 101 Å². The number of anilines is 1. The Morgan fingerprint density at radius 2 is 2.11 bits per heavy atom. The normalized spacial score (nSPS) is 18.0. The first-order chi connectivity index (χ1) is 13.0. The van der Waals surface area contributed by atoms with Crippen molar-refractivity contribution in [3.05, 3.63) is 52.7 Å². The van der Waals surface area contributed by atoms with Gasteiger partial charge in [0.25, 0.3) is 5.91 Å². The van der Waals surface area contributed by atoms with Crippen molar-refractivity contribution >= 4 is 29.3 Å².